The molecule has 0 radical (unpaired) electrons. The van der Waals surface area contributed by atoms with Gasteiger partial charge < -0.3 is 16.2 Å². The van der Waals surface area contributed by atoms with Crippen LogP contribution >= 0.6 is 46.2 Å². The number of aliphatic carboxylic acids is 1. The number of carbonyl (C=O) groups excluding carboxylic acids is 3. The van der Waals surface area contributed by atoms with Crippen molar-refractivity contribution in [2.45, 2.75) is 29.1 Å². The number of thiazole rings is 1. The summed E-state index contributed by atoms with van der Waals surface area (Å²) >= 11 is 5.21. The number of nitrogens with zero attached hydrogens (tertiary/aromatic N) is 2. The van der Waals surface area contributed by atoms with Gasteiger partial charge in [-0.25, -0.2) is 9.78 Å². The van der Waals surface area contributed by atoms with E-state index >= 15 is 0 Å². The Morgan fingerprint density at radius 3 is 2.81 bits per heavy atom. The van der Waals surface area contributed by atoms with E-state index in [0.29, 0.717) is 19.9 Å². The molecule has 13 heteroatoms. The van der Waals surface area contributed by atoms with Gasteiger partial charge in [0.25, 0.3) is 11.8 Å². The number of carboxylic acid groups (broad SMARTS) is 1. The summed E-state index contributed by atoms with van der Waals surface area (Å²) in [6, 6.07) is 1.08. The molecule has 0 aromatic carbocycles. The predicted molar refractivity (Wildman–Crippen MR) is 119 cm³/mol. The van der Waals surface area contributed by atoms with Crippen LogP contribution in [0.4, 0.5) is 0 Å². The summed E-state index contributed by atoms with van der Waals surface area (Å²) in [5, 5.41) is 15.7. The monoisotopic (exact) mass is 496 g/mol. The minimum absolute atomic E-state index is 0.115. The number of amides is 3. The molecule has 4 rings (SSSR count). The molecule has 0 unspecified atom stereocenters. The fourth-order valence-electron chi connectivity index (χ4n) is 3.22. The normalized spacial score (nSPS) is 20.3. The van der Waals surface area contributed by atoms with Crippen LogP contribution in [-0.2, 0) is 20.8 Å². The third-order valence-electron chi connectivity index (χ3n) is 4.62. The zero-order valence-corrected chi connectivity index (χ0v) is 19.3. The van der Waals surface area contributed by atoms with Gasteiger partial charge in [0.2, 0.25) is 5.91 Å². The van der Waals surface area contributed by atoms with Crippen molar-refractivity contribution in [1.82, 2.24) is 15.2 Å². The number of nitrogens with two attached hydrogens (primary N) is 1. The van der Waals surface area contributed by atoms with E-state index in [4.69, 9.17) is 5.73 Å². The number of aryl methyl sites for hydroxylation is 1. The Morgan fingerprint density at radius 1 is 1.42 bits per heavy atom. The van der Waals surface area contributed by atoms with E-state index in [2.05, 4.69) is 10.3 Å². The van der Waals surface area contributed by atoms with Crippen LogP contribution in [0.5, 0.6) is 0 Å². The highest BCUT2D eigenvalue weighted by atomic mass is 32.2. The Morgan fingerprint density at radius 2 is 2.19 bits per heavy atom. The number of thiophene rings is 1. The van der Waals surface area contributed by atoms with Gasteiger partial charge in [0.15, 0.2) is 4.34 Å². The van der Waals surface area contributed by atoms with Gasteiger partial charge in [-0.15, -0.1) is 23.1 Å². The minimum Gasteiger partial charge on any atom is -0.477 e. The second-order valence-corrected chi connectivity index (χ2v) is 11.1. The number of hydrogen-bond donors (Lipinski definition) is 3. The summed E-state index contributed by atoms with van der Waals surface area (Å²) in [7, 11) is 0. The van der Waals surface area contributed by atoms with Crippen molar-refractivity contribution in [3.8, 4) is 0 Å². The van der Waals surface area contributed by atoms with E-state index in [1.165, 1.54) is 39.3 Å². The van der Waals surface area contributed by atoms with Gasteiger partial charge in [0, 0.05) is 15.5 Å². The molecule has 9 nitrogen and oxygen atoms in total. The summed E-state index contributed by atoms with van der Waals surface area (Å²) in [4.78, 5) is 54.9. The molecule has 162 valence electrons. The van der Waals surface area contributed by atoms with E-state index in [1.807, 2.05) is 16.8 Å². The number of nitrogens with one attached hydrogen (secondary N) is 1. The Kier molecular flexibility index (Phi) is 6.10. The van der Waals surface area contributed by atoms with Crippen molar-refractivity contribution in [1.29, 1.82) is 0 Å². The molecule has 0 bridgehead atoms. The average molecular weight is 497 g/mol. The maximum absolute atomic E-state index is 12.7. The fourth-order valence-corrected chi connectivity index (χ4v) is 7.64. The van der Waals surface area contributed by atoms with Gasteiger partial charge in [0.1, 0.15) is 22.8 Å². The summed E-state index contributed by atoms with van der Waals surface area (Å²) in [5.74, 6) is -2.28. The van der Waals surface area contributed by atoms with Gasteiger partial charge in [-0.3, -0.25) is 19.3 Å². The van der Waals surface area contributed by atoms with Gasteiger partial charge >= 0.3 is 5.97 Å². The van der Waals surface area contributed by atoms with E-state index in [9.17, 15) is 24.3 Å². The van der Waals surface area contributed by atoms with Gasteiger partial charge in [0.05, 0.1) is 6.42 Å². The molecule has 1 saturated heterocycles. The Hall–Kier alpha value is -2.35. The molecule has 1 fully saturated rings. The van der Waals surface area contributed by atoms with Crippen molar-refractivity contribution in [2.75, 3.05) is 5.75 Å². The summed E-state index contributed by atoms with van der Waals surface area (Å²) in [6.07, 6.45) is 0.166. The molecule has 2 aromatic heterocycles. The molecule has 2 aliphatic rings. The van der Waals surface area contributed by atoms with Crippen LogP contribution in [0.2, 0.25) is 0 Å². The smallest absolute Gasteiger partial charge is 0.353 e. The Balaban J connectivity index is 1.51. The highest BCUT2D eigenvalue weighted by Crippen LogP contribution is 2.46. The summed E-state index contributed by atoms with van der Waals surface area (Å²) < 4.78 is 0.479. The average Bonchev–Trinajstić information content (AvgIpc) is 3.34. The van der Waals surface area contributed by atoms with Crippen LogP contribution < -0.4 is 11.1 Å². The highest BCUT2D eigenvalue weighted by molar-refractivity contribution is 8.07. The minimum atomic E-state index is -1.23. The van der Waals surface area contributed by atoms with Gasteiger partial charge in [-0.2, -0.15) is 11.3 Å². The molecule has 3 amide bonds. The van der Waals surface area contributed by atoms with Gasteiger partial charge in [-0.05, 0) is 29.3 Å². The predicted octanol–water partition coefficient (Wildman–Crippen LogP) is 1.64. The molecule has 0 saturated carbocycles. The van der Waals surface area contributed by atoms with Crippen LogP contribution in [0.15, 0.2) is 31.8 Å². The van der Waals surface area contributed by atoms with Crippen molar-refractivity contribution in [3.63, 3.8) is 0 Å². The zero-order valence-electron chi connectivity index (χ0n) is 16.0. The SMILES string of the molecule is Cc1sc(SC2=C(C(=O)O)N3C(=O)[C@@H](NC(=O)Cc4ccsc4)[C@@H]3SC2)nc1C(N)=O. The first kappa shape index (κ1) is 21.9. The van der Waals surface area contributed by atoms with E-state index in [1.54, 1.807) is 6.92 Å². The number of hydrogen-bond acceptors (Lipinski definition) is 9. The molecule has 2 aromatic rings. The standard InChI is InChI=1S/C18H16N4O5S4/c1-7-11(14(19)24)21-18(30-7)31-9-6-29-16-12(15(25)22(16)13(9)17(26)27)20-10(23)4-8-2-3-28-5-8/h2-3,5,12,16H,4,6H2,1H3,(H2,19,24)(H,20,23)(H,26,27)/t12-,16+/m1/s1. The Bertz CT molecular complexity index is 1110. The molecule has 2 atom stereocenters. The first-order valence-electron chi connectivity index (χ1n) is 8.93. The zero-order chi connectivity index (χ0) is 22.3. The number of carboxylic acids is 1. The van der Waals surface area contributed by atoms with E-state index in [-0.39, 0.29) is 23.7 Å². The van der Waals surface area contributed by atoms with E-state index < -0.39 is 29.2 Å². The number of fused-ring (bicyclic) bond motifs is 1. The van der Waals surface area contributed by atoms with Crippen molar-refractivity contribution in [2.24, 2.45) is 5.73 Å². The lowest BCUT2D eigenvalue weighted by Gasteiger charge is -2.49. The number of β-lactam (4-membered cyclic amide) rings is 1. The summed E-state index contributed by atoms with van der Waals surface area (Å²) in [5.41, 5.74) is 6.20. The van der Waals surface area contributed by atoms with Crippen LogP contribution in [0.1, 0.15) is 20.9 Å². The topological polar surface area (TPSA) is 143 Å². The third-order valence-corrected chi connectivity index (χ3v) is 8.93. The second kappa shape index (κ2) is 8.65. The molecular weight excluding hydrogens is 480 g/mol. The largest absolute Gasteiger partial charge is 0.477 e. The quantitative estimate of drug-likeness (QED) is 0.491. The maximum Gasteiger partial charge on any atom is 0.353 e. The van der Waals surface area contributed by atoms with Crippen molar-refractivity contribution in [3.05, 3.63) is 43.6 Å². The van der Waals surface area contributed by atoms with Crippen LogP contribution in [0.3, 0.4) is 0 Å². The lowest BCUT2D eigenvalue weighted by molar-refractivity contribution is -0.150. The molecular formula is C18H16N4O5S4. The second-order valence-electron chi connectivity index (χ2n) is 6.69. The highest BCUT2D eigenvalue weighted by Gasteiger charge is 2.54. The van der Waals surface area contributed by atoms with E-state index in [0.717, 1.165) is 17.3 Å². The first-order valence-corrected chi connectivity index (χ1v) is 12.6. The number of carbonyl (C=O) groups is 4. The number of aromatic nitrogens is 1. The van der Waals surface area contributed by atoms with Crippen LogP contribution in [0, 0.1) is 6.92 Å². The first-order chi connectivity index (χ1) is 14.8. The molecule has 31 heavy (non-hydrogen) atoms. The number of primary amides is 1. The third kappa shape index (κ3) is 4.22. The molecule has 0 spiro atoms. The molecule has 4 N–H and O–H groups in total. The fraction of sp³-hybridized carbons (Fsp3) is 0.278. The molecule has 2 aliphatic heterocycles. The molecule has 4 heterocycles. The number of rotatable bonds is 7. The van der Waals surface area contributed by atoms with Crippen LogP contribution in [-0.4, -0.2) is 55.8 Å². The van der Waals surface area contributed by atoms with Crippen molar-refractivity contribution >= 4 is 69.9 Å². The van der Waals surface area contributed by atoms with Crippen LogP contribution in [0.25, 0.3) is 0 Å². The maximum atomic E-state index is 12.7. The Labute approximate surface area is 193 Å². The molecule has 0 aliphatic carbocycles. The summed E-state index contributed by atoms with van der Waals surface area (Å²) in [6.45, 7) is 1.71. The number of thioether (sulfide) groups is 2. The van der Waals surface area contributed by atoms with Crippen molar-refractivity contribution < 1.29 is 24.3 Å². The lowest BCUT2D eigenvalue weighted by Crippen LogP contribution is -2.70. The lowest BCUT2D eigenvalue weighted by atomic mass is 10.0. The van der Waals surface area contributed by atoms with Gasteiger partial charge in [-0.1, -0.05) is 11.8 Å².